The van der Waals surface area contributed by atoms with E-state index in [4.69, 9.17) is 5.84 Å². The molecule has 1 amide bonds. The van der Waals surface area contributed by atoms with Gasteiger partial charge in [-0.25, -0.2) is 9.07 Å². The zero-order valence-electron chi connectivity index (χ0n) is 15.2. The molecule has 1 saturated heterocycles. The monoisotopic (exact) mass is 377 g/mol. The highest BCUT2D eigenvalue weighted by molar-refractivity contribution is 8.00. The molecule has 1 fully saturated rings. The van der Waals surface area contributed by atoms with Crippen LogP contribution in [0.5, 0.6) is 0 Å². The smallest absolute Gasteiger partial charge is 0.236 e. The van der Waals surface area contributed by atoms with E-state index in [0.29, 0.717) is 5.16 Å². The maximum atomic E-state index is 14.0. The van der Waals surface area contributed by atoms with Gasteiger partial charge in [-0.1, -0.05) is 23.9 Å². The van der Waals surface area contributed by atoms with Crippen LogP contribution in [0.3, 0.4) is 0 Å². The molecule has 1 aromatic carbocycles. The lowest BCUT2D eigenvalue weighted by molar-refractivity contribution is -0.136. The largest absolute Gasteiger partial charge is 0.336 e. The zero-order valence-corrected chi connectivity index (χ0v) is 16.0. The Balaban J connectivity index is 1.77. The second kappa shape index (κ2) is 7.65. The molecule has 0 saturated carbocycles. The number of piperidine rings is 1. The minimum atomic E-state index is -0.414. The van der Waals surface area contributed by atoms with E-state index in [1.165, 1.54) is 22.5 Å². The van der Waals surface area contributed by atoms with Gasteiger partial charge in [0.05, 0.1) is 10.8 Å². The van der Waals surface area contributed by atoms with E-state index in [0.717, 1.165) is 19.3 Å². The summed E-state index contributed by atoms with van der Waals surface area (Å²) >= 11 is 1.25. The van der Waals surface area contributed by atoms with Crippen molar-refractivity contribution in [2.75, 3.05) is 5.84 Å². The highest BCUT2D eigenvalue weighted by atomic mass is 32.2. The Morgan fingerprint density at radius 1 is 1.27 bits per heavy atom. The van der Waals surface area contributed by atoms with Crippen LogP contribution in [0.4, 0.5) is 4.39 Å². The summed E-state index contributed by atoms with van der Waals surface area (Å²) in [6.07, 6.45) is 3.20. The number of hydrogen-bond donors (Lipinski definition) is 1. The topological polar surface area (TPSA) is 77.0 Å². The molecule has 2 heterocycles. The van der Waals surface area contributed by atoms with Crippen LogP contribution in [-0.4, -0.2) is 43.0 Å². The van der Waals surface area contributed by atoms with Gasteiger partial charge in [-0.2, -0.15) is 0 Å². The molecule has 140 valence electrons. The van der Waals surface area contributed by atoms with E-state index in [9.17, 15) is 9.18 Å². The molecule has 0 spiro atoms. The van der Waals surface area contributed by atoms with Crippen LogP contribution in [0.2, 0.25) is 0 Å². The van der Waals surface area contributed by atoms with Crippen LogP contribution in [0.1, 0.15) is 40.0 Å². The molecule has 0 bridgehead atoms. The van der Waals surface area contributed by atoms with Gasteiger partial charge >= 0.3 is 0 Å². The SMILES string of the molecule is C[C@@H](Sc1nnc(-c2ccccc2F)n1N)C(=O)N1[C@@H](C)CCC[C@@H]1C. The van der Waals surface area contributed by atoms with Crippen molar-refractivity contribution in [2.24, 2.45) is 0 Å². The number of aromatic nitrogens is 3. The second-order valence-corrected chi connectivity index (χ2v) is 8.10. The van der Waals surface area contributed by atoms with Gasteiger partial charge < -0.3 is 10.7 Å². The van der Waals surface area contributed by atoms with Crippen LogP contribution >= 0.6 is 11.8 Å². The number of amides is 1. The number of rotatable bonds is 4. The quantitative estimate of drug-likeness (QED) is 0.654. The van der Waals surface area contributed by atoms with Gasteiger partial charge in [0.25, 0.3) is 0 Å². The van der Waals surface area contributed by atoms with E-state index < -0.39 is 5.82 Å². The average molecular weight is 377 g/mol. The first-order chi connectivity index (χ1) is 12.4. The van der Waals surface area contributed by atoms with Gasteiger partial charge in [-0.15, -0.1) is 10.2 Å². The van der Waals surface area contributed by atoms with Crippen LogP contribution in [0.15, 0.2) is 29.4 Å². The number of nitrogens with two attached hydrogens (primary N) is 1. The Labute approximate surface area is 156 Å². The number of carbonyl (C=O) groups excluding carboxylic acids is 1. The fourth-order valence-corrected chi connectivity index (χ4v) is 4.28. The van der Waals surface area contributed by atoms with Crippen molar-refractivity contribution in [2.45, 2.75) is 62.5 Å². The third-order valence-corrected chi connectivity index (χ3v) is 5.90. The number of hydrogen-bond acceptors (Lipinski definition) is 5. The van der Waals surface area contributed by atoms with E-state index in [-0.39, 0.29) is 34.6 Å². The molecule has 0 radical (unpaired) electrons. The third-order valence-electron chi connectivity index (χ3n) is 4.86. The Morgan fingerprint density at radius 3 is 2.58 bits per heavy atom. The number of halogens is 1. The Hall–Kier alpha value is -2.09. The van der Waals surface area contributed by atoms with Crippen molar-refractivity contribution in [3.05, 3.63) is 30.1 Å². The van der Waals surface area contributed by atoms with Gasteiger partial charge in [-0.3, -0.25) is 4.79 Å². The van der Waals surface area contributed by atoms with Crippen LogP contribution in [0, 0.1) is 5.82 Å². The lowest BCUT2D eigenvalue weighted by Gasteiger charge is -2.40. The fourth-order valence-electron chi connectivity index (χ4n) is 3.46. The molecule has 1 aromatic heterocycles. The summed E-state index contributed by atoms with van der Waals surface area (Å²) in [6.45, 7) is 6.03. The van der Waals surface area contributed by atoms with Gasteiger partial charge in [0.15, 0.2) is 5.82 Å². The summed E-state index contributed by atoms with van der Waals surface area (Å²) in [6, 6.07) is 6.74. The Morgan fingerprint density at radius 2 is 1.92 bits per heavy atom. The summed E-state index contributed by atoms with van der Waals surface area (Å²) in [5.41, 5.74) is 0.284. The van der Waals surface area contributed by atoms with Crippen molar-refractivity contribution in [3.8, 4) is 11.4 Å². The van der Waals surface area contributed by atoms with Crippen LogP contribution in [-0.2, 0) is 4.79 Å². The van der Waals surface area contributed by atoms with Gasteiger partial charge in [0.1, 0.15) is 5.82 Å². The lowest BCUT2D eigenvalue weighted by atomic mass is 9.97. The summed E-state index contributed by atoms with van der Waals surface area (Å²) < 4.78 is 15.2. The number of likely N-dealkylation sites (tertiary alicyclic amines) is 1. The molecule has 6 nitrogen and oxygen atoms in total. The molecular formula is C18H24FN5OS. The van der Waals surface area contributed by atoms with E-state index in [2.05, 4.69) is 24.0 Å². The molecule has 1 aliphatic rings. The van der Waals surface area contributed by atoms with Crippen molar-refractivity contribution in [1.82, 2.24) is 19.8 Å². The molecule has 0 aliphatic carbocycles. The number of carbonyl (C=O) groups is 1. The predicted molar refractivity (Wildman–Crippen MR) is 101 cm³/mol. The first kappa shape index (κ1) is 18.7. The average Bonchev–Trinajstić information content (AvgIpc) is 2.95. The number of nitrogens with zero attached hydrogens (tertiary/aromatic N) is 4. The molecule has 2 N–H and O–H groups in total. The van der Waals surface area contributed by atoms with Crippen molar-refractivity contribution >= 4 is 17.7 Å². The van der Waals surface area contributed by atoms with Gasteiger partial charge in [0.2, 0.25) is 11.1 Å². The molecule has 8 heteroatoms. The van der Waals surface area contributed by atoms with Crippen molar-refractivity contribution in [3.63, 3.8) is 0 Å². The summed E-state index contributed by atoms with van der Waals surface area (Å²) in [5, 5.41) is 8.10. The minimum Gasteiger partial charge on any atom is -0.336 e. The third kappa shape index (κ3) is 3.56. The van der Waals surface area contributed by atoms with E-state index in [1.807, 2.05) is 11.8 Å². The summed E-state index contributed by atoms with van der Waals surface area (Å²) in [5.74, 6) is 5.97. The summed E-state index contributed by atoms with van der Waals surface area (Å²) in [7, 11) is 0. The maximum absolute atomic E-state index is 14.0. The Kier molecular flexibility index (Phi) is 5.50. The first-order valence-corrected chi connectivity index (χ1v) is 9.72. The van der Waals surface area contributed by atoms with Crippen molar-refractivity contribution in [1.29, 1.82) is 0 Å². The normalized spacial score (nSPS) is 21.6. The van der Waals surface area contributed by atoms with E-state index >= 15 is 0 Å². The van der Waals surface area contributed by atoms with Crippen LogP contribution in [0.25, 0.3) is 11.4 Å². The molecule has 3 atom stereocenters. The standard InChI is InChI=1S/C18H24FN5OS/c1-11-7-6-8-12(2)23(11)17(25)13(3)26-18-22-21-16(24(18)20)14-9-4-5-10-15(14)19/h4-5,9-13H,6-8,20H2,1-3H3/t11-,12-,13+/m0/s1. The lowest BCUT2D eigenvalue weighted by Crippen LogP contribution is -2.50. The molecule has 1 aliphatic heterocycles. The fraction of sp³-hybridized carbons (Fsp3) is 0.500. The highest BCUT2D eigenvalue weighted by Crippen LogP contribution is 2.30. The maximum Gasteiger partial charge on any atom is 0.236 e. The predicted octanol–water partition coefficient (Wildman–Crippen LogP) is 3.07. The molecule has 0 unspecified atom stereocenters. The van der Waals surface area contributed by atoms with Gasteiger partial charge in [0, 0.05) is 12.1 Å². The Bertz CT molecular complexity index is 786. The first-order valence-electron chi connectivity index (χ1n) is 8.84. The zero-order chi connectivity index (χ0) is 18.8. The molecule has 26 heavy (non-hydrogen) atoms. The molecule has 2 aromatic rings. The van der Waals surface area contributed by atoms with Crippen LogP contribution < -0.4 is 5.84 Å². The van der Waals surface area contributed by atoms with Crippen molar-refractivity contribution < 1.29 is 9.18 Å². The van der Waals surface area contributed by atoms with Gasteiger partial charge in [-0.05, 0) is 52.2 Å². The minimum absolute atomic E-state index is 0.0742. The summed E-state index contributed by atoms with van der Waals surface area (Å²) in [4.78, 5) is 14.9. The number of nitrogen functional groups attached to an aromatic ring is 1. The number of thioether (sulfide) groups is 1. The molecule has 3 rings (SSSR count). The highest BCUT2D eigenvalue weighted by Gasteiger charge is 2.32. The van der Waals surface area contributed by atoms with E-state index in [1.54, 1.807) is 18.2 Å². The number of benzene rings is 1. The molecular weight excluding hydrogens is 353 g/mol. The second-order valence-electron chi connectivity index (χ2n) is 6.79.